The lowest BCUT2D eigenvalue weighted by molar-refractivity contribution is 0.107. The summed E-state index contributed by atoms with van der Waals surface area (Å²) in [6.45, 7) is 2.69. The summed E-state index contributed by atoms with van der Waals surface area (Å²) >= 11 is 18.8. The number of hydrogen-bond donors (Lipinski definition) is 2. The molecule has 4 aliphatic rings. The van der Waals surface area contributed by atoms with Crippen molar-refractivity contribution in [1.29, 1.82) is 0 Å². The van der Waals surface area contributed by atoms with Crippen molar-refractivity contribution < 1.29 is 17.9 Å². The van der Waals surface area contributed by atoms with Crippen molar-refractivity contribution >= 4 is 57.2 Å². The number of nitrogen functional groups attached to an aromatic ring is 1. The van der Waals surface area contributed by atoms with Crippen molar-refractivity contribution in [3.8, 4) is 17.1 Å². The van der Waals surface area contributed by atoms with Crippen LogP contribution in [0.5, 0.6) is 6.01 Å². The molecule has 2 unspecified atom stereocenters. The molecule has 3 aromatic rings. The van der Waals surface area contributed by atoms with Gasteiger partial charge in [-0.25, -0.2) is 13.2 Å². The van der Waals surface area contributed by atoms with Crippen LogP contribution >= 0.6 is 34.8 Å². The Kier molecular flexibility index (Phi) is 6.86. The summed E-state index contributed by atoms with van der Waals surface area (Å²) in [6.07, 6.45) is 3.27. The molecule has 41 heavy (non-hydrogen) atoms. The van der Waals surface area contributed by atoms with Crippen LogP contribution in [0.15, 0.2) is 12.1 Å². The molecule has 0 spiro atoms. The number of nitrogens with one attached hydrogen (secondary N) is 1. The predicted molar refractivity (Wildman–Crippen MR) is 155 cm³/mol. The van der Waals surface area contributed by atoms with Gasteiger partial charge in [0.2, 0.25) is 0 Å². The Balaban J connectivity index is 1.37. The minimum absolute atomic E-state index is 0.0336. The second-order valence-corrected chi connectivity index (χ2v) is 12.8. The summed E-state index contributed by atoms with van der Waals surface area (Å²) in [7, 11) is 0. The minimum Gasteiger partial charge on any atom is -0.461 e. The molecular weight excluding hydrogens is 600 g/mol. The Morgan fingerprint density at radius 3 is 2.51 bits per heavy atom. The molecule has 13 heteroatoms. The van der Waals surface area contributed by atoms with Gasteiger partial charge in [-0.3, -0.25) is 4.90 Å². The van der Waals surface area contributed by atoms with E-state index in [2.05, 4.69) is 20.1 Å². The van der Waals surface area contributed by atoms with Crippen LogP contribution < -0.4 is 20.7 Å². The number of nitrogens with two attached hydrogens (primary N) is 1. The SMILES string of the molecule is Nc1c(Cl)cc(Cl)c(F)c1-c1c(Cl)cc2c(N3CC4CCC(C3)N4)nc(OC[C@@]34CCCN3C[C@H](F)C4)nc2c1F. The average Bonchev–Trinajstić information content (AvgIpc) is 3.58. The van der Waals surface area contributed by atoms with Crippen LogP contribution in [0.25, 0.3) is 22.0 Å². The largest absolute Gasteiger partial charge is 0.461 e. The Hall–Kier alpha value is -2.24. The number of piperazine rings is 1. The molecule has 7 rings (SSSR count). The second-order valence-electron chi connectivity index (χ2n) is 11.6. The monoisotopic (exact) mass is 626 g/mol. The number of alkyl halides is 1. The van der Waals surface area contributed by atoms with Gasteiger partial charge in [0.05, 0.1) is 26.3 Å². The van der Waals surface area contributed by atoms with Gasteiger partial charge in [0.1, 0.15) is 24.1 Å². The molecule has 5 heterocycles. The van der Waals surface area contributed by atoms with Gasteiger partial charge in [0, 0.05) is 54.7 Å². The highest BCUT2D eigenvalue weighted by Crippen LogP contribution is 2.46. The summed E-state index contributed by atoms with van der Waals surface area (Å²) in [5.74, 6) is -1.36. The van der Waals surface area contributed by atoms with Gasteiger partial charge in [-0.2, -0.15) is 9.97 Å². The molecule has 7 nitrogen and oxygen atoms in total. The summed E-state index contributed by atoms with van der Waals surface area (Å²) in [6, 6.07) is 3.19. The zero-order valence-electron chi connectivity index (χ0n) is 22.0. The fourth-order valence-electron chi connectivity index (χ4n) is 7.17. The van der Waals surface area contributed by atoms with Gasteiger partial charge in [-0.15, -0.1) is 0 Å². The maximum atomic E-state index is 16.5. The summed E-state index contributed by atoms with van der Waals surface area (Å²) in [4.78, 5) is 13.4. The molecule has 0 aliphatic carbocycles. The highest BCUT2D eigenvalue weighted by molar-refractivity contribution is 6.38. The first-order chi connectivity index (χ1) is 19.6. The van der Waals surface area contributed by atoms with Crippen LogP contribution in [0, 0.1) is 11.6 Å². The molecule has 4 atom stereocenters. The van der Waals surface area contributed by atoms with Crippen molar-refractivity contribution in [1.82, 2.24) is 20.2 Å². The molecule has 0 radical (unpaired) electrons. The fraction of sp³-hybridized carbons (Fsp3) is 0.500. The third-order valence-corrected chi connectivity index (χ3v) is 9.93. The van der Waals surface area contributed by atoms with Gasteiger partial charge in [-0.1, -0.05) is 34.8 Å². The lowest BCUT2D eigenvalue weighted by Gasteiger charge is -2.34. The lowest BCUT2D eigenvalue weighted by Crippen LogP contribution is -2.51. The Morgan fingerprint density at radius 2 is 1.76 bits per heavy atom. The van der Waals surface area contributed by atoms with E-state index in [0.717, 1.165) is 38.3 Å². The summed E-state index contributed by atoms with van der Waals surface area (Å²) in [5, 5.41) is 3.51. The van der Waals surface area contributed by atoms with E-state index in [1.54, 1.807) is 0 Å². The van der Waals surface area contributed by atoms with Gasteiger partial charge in [0.15, 0.2) is 11.6 Å². The molecule has 2 bridgehead atoms. The van der Waals surface area contributed by atoms with Crippen molar-refractivity contribution in [3.05, 3.63) is 38.8 Å². The Morgan fingerprint density at radius 1 is 1.00 bits per heavy atom. The van der Waals surface area contributed by atoms with E-state index in [9.17, 15) is 4.39 Å². The van der Waals surface area contributed by atoms with E-state index in [-0.39, 0.29) is 62.1 Å². The summed E-state index contributed by atoms with van der Waals surface area (Å²) in [5.41, 5.74) is 4.73. The lowest BCUT2D eigenvalue weighted by atomic mass is 9.95. The van der Waals surface area contributed by atoms with Crippen LogP contribution in [0.4, 0.5) is 24.7 Å². The number of fused-ring (bicyclic) bond motifs is 4. The van der Waals surface area contributed by atoms with E-state index < -0.39 is 23.3 Å². The normalized spacial score (nSPS) is 27.7. The Bertz CT molecular complexity index is 1520. The molecular formula is C28H28Cl3F3N6O. The zero-order valence-corrected chi connectivity index (χ0v) is 24.3. The molecule has 2 aromatic carbocycles. The van der Waals surface area contributed by atoms with Crippen molar-refractivity contribution in [2.24, 2.45) is 0 Å². The number of halogens is 6. The average molecular weight is 628 g/mol. The topological polar surface area (TPSA) is 79.5 Å². The van der Waals surface area contributed by atoms with Gasteiger partial charge in [-0.05, 0) is 44.4 Å². The molecule has 1 aromatic heterocycles. The van der Waals surface area contributed by atoms with Crippen molar-refractivity contribution in [2.75, 3.05) is 43.4 Å². The molecule has 0 amide bonds. The molecule has 4 saturated heterocycles. The number of rotatable bonds is 5. The van der Waals surface area contributed by atoms with E-state index in [1.807, 2.05) is 0 Å². The summed E-state index contributed by atoms with van der Waals surface area (Å²) < 4.78 is 52.3. The second kappa shape index (κ2) is 10.2. The number of benzene rings is 2. The first-order valence-electron chi connectivity index (χ1n) is 13.8. The number of hydrogen-bond acceptors (Lipinski definition) is 7. The van der Waals surface area contributed by atoms with Crippen LogP contribution in [-0.2, 0) is 0 Å². The number of nitrogens with zero attached hydrogens (tertiary/aromatic N) is 4. The van der Waals surface area contributed by atoms with Crippen LogP contribution in [0.3, 0.4) is 0 Å². The molecule has 0 saturated carbocycles. The number of aromatic nitrogens is 2. The number of ether oxygens (including phenoxy) is 1. The first kappa shape index (κ1) is 27.6. The number of anilines is 2. The van der Waals surface area contributed by atoms with Crippen molar-refractivity contribution in [2.45, 2.75) is 55.9 Å². The highest BCUT2D eigenvalue weighted by atomic mass is 35.5. The van der Waals surface area contributed by atoms with Crippen LogP contribution in [-0.4, -0.2) is 71.4 Å². The molecule has 3 N–H and O–H groups in total. The predicted octanol–water partition coefficient (Wildman–Crippen LogP) is 6.01. The quantitative estimate of drug-likeness (QED) is 0.265. The van der Waals surface area contributed by atoms with Gasteiger partial charge < -0.3 is 20.7 Å². The van der Waals surface area contributed by atoms with E-state index in [0.29, 0.717) is 37.3 Å². The maximum Gasteiger partial charge on any atom is 0.319 e. The van der Waals surface area contributed by atoms with Crippen molar-refractivity contribution in [3.63, 3.8) is 0 Å². The van der Waals surface area contributed by atoms with Gasteiger partial charge >= 0.3 is 6.01 Å². The Labute approximate surface area is 250 Å². The standard InChI is InChI=1S/C28H28Cl3F3N6O/c29-17-6-16-25(23(34)20(17)21-22(33)18(30)7-19(31)24(21)35)37-27(38-26(16)39-10-14-2-3-15(11-39)36-14)41-12-28-4-1-5-40(28)9-13(32)8-28/h6-7,13-15,36H,1-5,8-12,35H2/t13-,14?,15?,28+/m1/s1. The maximum absolute atomic E-state index is 16.5. The third kappa shape index (κ3) is 4.57. The van der Waals surface area contributed by atoms with Crippen LogP contribution in [0.2, 0.25) is 15.1 Å². The van der Waals surface area contributed by atoms with E-state index >= 15 is 8.78 Å². The zero-order chi connectivity index (χ0) is 28.6. The van der Waals surface area contributed by atoms with E-state index in [1.165, 1.54) is 6.07 Å². The van der Waals surface area contributed by atoms with Gasteiger partial charge in [0.25, 0.3) is 0 Å². The first-order valence-corrected chi connectivity index (χ1v) is 14.9. The molecule has 4 fully saturated rings. The van der Waals surface area contributed by atoms with E-state index in [4.69, 9.17) is 50.3 Å². The molecule has 218 valence electrons. The molecule has 4 aliphatic heterocycles. The highest BCUT2D eigenvalue weighted by Gasteiger charge is 2.49. The smallest absolute Gasteiger partial charge is 0.319 e. The minimum atomic E-state index is -0.944. The fourth-order valence-corrected chi connectivity index (χ4v) is 7.92. The third-order valence-electron chi connectivity index (χ3n) is 9.05. The van der Waals surface area contributed by atoms with Crippen LogP contribution in [0.1, 0.15) is 32.1 Å².